The maximum absolute atomic E-state index is 14.0. The van der Waals surface area contributed by atoms with Crippen molar-refractivity contribution in [1.82, 2.24) is 10.2 Å². The fourth-order valence-electron chi connectivity index (χ4n) is 4.95. The number of nitrogens with zero attached hydrogens (tertiary/aromatic N) is 2. The number of anilines is 1. The summed E-state index contributed by atoms with van der Waals surface area (Å²) in [5, 5.41) is 3.09. The van der Waals surface area contributed by atoms with Gasteiger partial charge in [0.05, 0.1) is 10.6 Å². The molecule has 0 aromatic heterocycles. The van der Waals surface area contributed by atoms with Crippen molar-refractivity contribution in [2.75, 3.05) is 10.8 Å². The van der Waals surface area contributed by atoms with Gasteiger partial charge in [0.1, 0.15) is 12.6 Å². The summed E-state index contributed by atoms with van der Waals surface area (Å²) in [7, 11) is -4.07. The third-order valence-electron chi connectivity index (χ3n) is 7.35. The predicted octanol–water partition coefficient (Wildman–Crippen LogP) is 5.68. The summed E-state index contributed by atoms with van der Waals surface area (Å²) < 4.78 is 29.7. The third kappa shape index (κ3) is 7.31. The summed E-state index contributed by atoms with van der Waals surface area (Å²) in [6.07, 6.45) is 4.80. The van der Waals surface area contributed by atoms with E-state index in [9.17, 15) is 18.0 Å². The molecular formula is C31H36BrN3O4S. The molecule has 1 saturated carbocycles. The van der Waals surface area contributed by atoms with Crippen LogP contribution >= 0.6 is 15.9 Å². The Hall–Kier alpha value is -3.17. The zero-order valence-electron chi connectivity index (χ0n) is 22.9. The van der Waals surface area contributed by atoms with Crippen LogP contribution < -0.4 is 9.62 Å². The zero-order valence-corrected chi connectivity index (χ0v) is 25.3. The van der Waals surface area contributed by atoms with Gasteiger partial charge in [-0.15, -0.1) is 0 Å². The molecule has 3 aromatic carbocycles. The molecule has 3 aromatic rings. The Balaban J connectivity index is 1.68. The van der Waals surface area contributed by atoms with Gasteiger partial charge in [0.25, 0.3) is 10.0 Å². The van der Waals surface area contributed by atoms with Gasteiger partial charge in [0.15, 0.2) is 0 Å². The molecule has 0 saturated heterocycles. The molecule has 212 valence electrons. The monoisotopic (exact) mass is 625 g/mol. The number of sulfonamides is 1. The quantitative estimate of drug-likeness (QED) is 0.297. The second-order valence-corrected chi connectivity index (χ2v) is 12.9. The molecule has 0 aliphatic heterocycles. The molecule has 0 heterocycles. The second-order valence-electron chi connectivity index (χ2n) is 10.2. The van der Waals surface area contributed by atoms with Gasteiger partial charge in [-0.1, -0.05) is 78.2 Å². The van der Waals surface area contributed by atoms with Gasteiger partial charge in [-0.3, -0.25) is 13.9 Å². The molecule has 7 nitrogen and oxygen atoms in total. The van der Waals surface area contributed by atoms with E-state index in [1.54, 1.807) is 37.3 Å². The van der Waals surface area contributed by atoms with Crippen LogP contribution in [0.5, 0.6) is 0 Å². The molecule has 40 heavy (non-hydrogen) atoms. The van der Waals surface area contributed by atoms with Crippen LogP contribution in [0.3, 0.4) is 0 Å². The van der Waals surface area contributed by atoms with Crippen LogP contribution in [0.25, 0.3) is 0 Å². The molecule has 2 amide bonds. The molecule has 0 bridgehead atoms. The van der Waals surface area contributed by atoms with Crippen molar-refractivity contribution in [3.05, 3.63) is 94.5 Å². The number of carbonyl (C=O) groups is 2. The van der Waals surface area contributed by atoms with E-state index in [-0.39, 0.29) is 23.4 Å². The zero-order chi connectivity index (χ0) is 28.7. The largest absolute Gasteiger partial charge is 0.352 e. The van der Waals surface area contributed by atoms with E-state index in [2.05, 4.69) is 21.2 Å². The number of amides is 2. The van der Waals surface area contributed by atoms with Gasteiger partial charge in [0.2, 0.25) is 11.8 Å². The van der Waals surface area contributed by atoms with Crippen LogP contribution in [0, 0.1) is 0 Å². The Labute approximate surface area is 245 Å². The maximum atomic E-state index is 14.0. The Morgan fingerprint density at radius 1 is 0.950 bits per heavy atom. The van der Waals surface area contributed by atoms with E-state index < -0.39 is 28.5 Å². The smallest absolute Gasteiger partial charge is 0.264 e. The number of hydrogen-bond acceptors (Lipinski definition) is 4. The highest BCUT2D eigenvalue weighted by molar-refractivity contribution is 9.10. The van der Waals surface area contributed by atoms with E-state index in [0.717, 1.165) is 52.0 Å². The van der Waals surface area contributed by atoms with Crippen molar-refractivity contribution in [1.29, 1.82) is 0 Å². The summed E-state index contributed by atoms with van der Waals surface area (Å²) in [4.78, 5) is 28.9. The molecule has 4 rings (SSSR count). The lowest BCUT2D eigenvalue weighted by atomic mass is 10.1. The first-order valence-corrected chi connectivity index (χ1v) is 15.9. The molecule has 9 heteroatoms. The standard InChI is InChI=1S/C31H36BrN3O4S/c1-3-24-16-18-28(19-17-24)35(40(38,39)29-14-5-4-6-15-29)22-30(36)34(21-25-10-9-11-26(32)20-25)23(2)31(37)33-27-12-7-8-13-27/h4-6,9-11,14-20,23,27H,3,7-8,12-13,21-22H2,1-2H3,(H,33,37)/t23-/m1/s1. The van der Waals surface area contributed by atoms with Gasteiger partial charge >= 0.3 is 0 Å². The van der Waals surface area contributed by atoms with E-state index in [1.165, 1.54) is 17.0 Å². The van der Waals surface area contributed by atoms with Crippen LogP contribution in [0.1, 0.15) is 50.7 Å². The molecule has 0 spiro atoms. The lowest BCUT2D eigenvalue weighted by molar-refractivity contribution is -0.139. The minimum Gasteiger partial charge on any atom is -0.352 e. The Bertz CT molecular complexity index is 1410. The first-order chi connectivity index (χ1) is 19.2. The SMILES string of the molecule is CCc1ccc(N(CC(=O)N(Cc2cccc(Br)c2)[C@H](C)C(=O)NC2CCCC2)S(=O)(=O)c2ccccc2)cc1. The second kappa shape index (κ2) is 13.5. The Morgan fingerprint density at radius 2 is 1.62 bits per heavy atom. The van der Waals surface area contributed by atoms with Crippen LogP contribution in [-0.4, -0.2) is 43.8 Å². The van der Waals surface area contributed by atoms with Crippen molar-refractivity contribution in [2.24, 2.45) is 0 Å². The van der Waals surface area contributed by atoms with E-state index in [1.807, 2.05) is 43.3 Å². The van der Waals surface area contributed by atoms with Crippen LogP contribution in [-0.2, 0) is 32.6 Å². The molecule has 0 radical (unpaired) electrons. The van der Waals surface area contributed by atoms with Gasteiger partial charge in [0, 0.05) is 17.1 Å². The van der Waals surface area contributed by atoms with Crippen molar-refractivity contribution in [3.63, 3.8) is 0 Å². The molecule has 1 aliphatic carbocycles. The average molecular weight is 627 g/mol. The summed E-state index contributed by atoms with van der Waals surface area (Å²) in [5.74, 6) is -0.701. The fraction of sp³-hybridized carbons (Fsp3) is 0.355. The van der Waals surface area contributed by atoms with Gasteiger partial charge in [-0.05, 0) is 73.7 Å². The van der Waals surface area contributed by atoms with Crippen LogP contribution in [0.2, 0.25) is 0 Å². The highest BCUT2D eigenvalue weighted by Gasteiger charge is 2.33. The Kier molecular flexibility index (Phi) is 10.0. The fourth-order valence-corrected chi connectivity index (χ4v) is 6.83. The first-order valence-electron chi connectivity index (χ1n) is 13.7. The van der Waals surface area contributed by atoms with Crippen molar-refractivity contribution in [2.45, 2.75) is 69.5 Å². The summed E-state index contributed by atoms with van der Waals surface area (Å²) in [5.41, 5.74) is 2.27. The summed E-state index contributed by atoms with van der Waals surface area (Å²) >= 11 is 3.48. The number of halogens is 1. The number of hydrogen-bond donors (Lipinski definition) is 1. The number of carbonyl (C=O) groups excluding carboxylic acids is 2. The van der Waals surface area contributed by atoms with Gasteiger partial charge < -0.3 is 10.2 Å². The first kappa shape index (κ1) is 29.8. The van der Waals surface area contributed by atoms with Crippen LogP contribution in [0.15, 0.2) is 88.2 Å². The van der Waals surface area contributed by atoms with E-state index in [4.69, 9.17) is 0 Å². The van der Waals surface area contributed by atoms with E-state index in [0.29, 0.717) is 5.69 Å². The van der Waals surface area contributed by atoms with Gasteiger partial charge in [-0.25, -0.2) is 8.42 Å². The van der Waals surface area contributed by atoms with Crippen molar-refractivity contribution in [3.8, 4) is 0 Å². The normalized spacial score (nSPS) is 14.5. The topological polar surface area (TPSA) is 86.8 Å². The maximum Gasteiger partial charge on any atom is 0.264 e. The average Bonchev–Trinajstić information content (AvgIpc) is 3.47. The number of aryl methyl sites for hydroxylation is 1. The molecule has 1 aliphatic rings. The number of benzene rings is 3. The minimum atomic E-state index is -4.07. The number of rotatable bonds is 11. The molecule has 1 N–H and O–H groups in total. The highest BCUT2D eigenvalue weighted by Crippen LogP contribution is 2.26. The Morgan fingerprint density at radius 3 is 2.25 bits per heavy atom. The third-order valence-corrected chi connectivity index (χ3v) is 9.63. The van der Waals surface area contributed by atoms with Crippen molar-refractivity contribution < 1.29 is 18.0 Å². The lowest BCUT2D eigenvalue weighted by Gasteiger charge is -2.32. The molecular weight excluding hydrogens is 590 g/mol. The predicted molar refractivity (Wildman–Crippen MR) is 161 cm³/mol. The molecule has 1 fully saturated rings. The molecule has 0 unspecified atom stereocenters. The summed E-state index contributed by atoms with van der Waals surface area (Å²) in [6, 6.07) is 22.1. The van der Waals surface area contributed by atoms with E-state index >= 15 is 0 Å². The lowest BCUT2D eigenvalue weighted by Crippen LogP contribution is -2.52. The van der Waals surface area contributed by atoms with Gasteiger partial charge in [-0.2, -0.15) is 0 Å². The van der Waals surface area contributed by atoms with Crippen molar-refractivity contribution >= 4 is 43.5 Å². The molecule has 1 atom stereocenters. The summed E-state index contributed by atoms with van der Waals surface area (Å²) in [6.45, 7) is 3.43. The van der Waals surface area contributed by atoms with Crippen LogP contribution in [0.4, 0.5) is 5.69 Å². The highest BCUT2D eigenvalue weighted by atomic mass is 79.9. The minimum absolute atomic E-state index is 0.0907. The number of nitrogens with one attached hydrogen (secondary N) is 1.